The fourth-order valence-corrected chi connectivity index (χ4v) is 2.04. The second-order valence-electron chi connectivity index (χ2n) is 4.61. The van der Waals surface area contributed by atoms with Crippen molar-refractivity contribution in [3.8, 4) is 5.75 Å². The van der Waals surface area contributed by atoms with E-state index in [1.54, 1.807) is 7.11 Å². The normalized spacial score (nSPS) is 13.7. The largest absolute Gasteiger partial charge is 0.497 e. The van der Waals surface area contributed by atoms with Gasteiger partial charge in [-0.25, -0.2) is 0 Å². The van der Waals surface area contributed by atoms with Gasteiger partial charge in [-0.05, 0) is 38.1 Å². The molecule has 1 unspecified atom stereocenters. The number of ether oxygens (including phenoxy) is 2. The van der Waals surface area contributed by atoms with E-state index in [0.29, 0.717) is 19.6 Å². The van der Waals surface area contributed by atoms with Gasteiger partial charge in [-0.3, -0.25) is 4.79 Å². The summed E-state index contributed by atoms with van der Waals surface area (Å²) in [6.45, 7) is 6.77. The summed E-state index contributed by atoms with van der Waals surface area (Å²) in [5, 5.41) is 3.21. The van der Waals surface area contributed by atoms with Crippen molar-refractivity contribution in [2.24, 2.45) is 0 Å². The van der Waals surface area contributed by atoms with Gasteiger partial charge < -0.3 is 14.8 Å². The van der Waals surface area contributed by atoms with Crippen LogP contribution in [0.3, 0.4) is 0 Å². The summed E-state index contributed by atoms with van der Waals surface area (Å²) in [7, 11) is 1.64. The number of nitrogens with one attached hydrogen (secondary N) is 1. The number of carbonyl (C=O) groups excluding carboxylic acids is 1. The summed E-state index contributed by atoms with van der Waals surface area (Å²) in [6.07, 6.45) is 0.587. The second kappa shape index (κ2) is 7.14. The molecule has 1 rings (SSSR count). The Kier molecular flexibility index (Phi) is 5.83. The van der Waals surface area contributed by atoms with Crippen LogP contribution >= 0.6 is 0 Å². The lowest BCUT2D eigenvalue weighted by Gasteiger charge is -2.28. The van der Waals surface area contributed by atoms with Crippen LogP contribution in [0.1, 0.15) is 26.3 Å². The molecule has 1 atom stereocenters. The van der Waals surface area contributed by atoms with Crippen LogP contribution in [0, 0.1) is 0 Å². The van der Waals surface area contributed by atoms with Gasteiger partial charge in [-0.1, -0.05) is 19.1 Å². The highest BCUT2D eigenvalue weighted by atomic mass is 16.5. The average molecular weight is 265 g/mol. The maximum Gasteiger partial charge on any atom is 0.326 e. The van der Waals surface area contributed by atoms with Gasteiger partial charge in [0, 0.05) is 6.42 Å². The van der Waals surface area contributed by atoms with E-state index in [4.69, 9.17) is 9.47 Å². The van der Waals surface area contributed by atoms with Gasteiger partial charge in [-0.2, -0.15) is 0 Å². The van der Waals surface area contributed by atoms with Crippen molar-refractivity contribution in [1.82, 2.24) is 5.32 Å². The number of hydrogen-bond donors (Lipinski definition) is 1. The van der Waals surface area contributed by atoms with E-state index in [1.807, 2.05) is 45.0 Å². The monoisotopic (exact) mass is 265 g/mol. The highest BCUT2D eigenvalue weighted by Crippen LogP contribution is 2.18. The van der Waals surface area contributed by atoms with Crippen molar-refractivity contribution >= 4 is 5.97 Å². The molecule has 0 amide bonds. The van der Waals surface area contributed by atoms with Gasteiger partial charge in [-0.15, -0.1) is 0 Å². The van der Waals surface area contributed by atoms with E-state index in [1.165, 1.54) is 0 Å². The fourth-order valence-electron chi connectivity index (χ4n) is 2.04. The van der Waals surface area contributed by atoms with Crippen molar-refractivity contribution in [2.45, 2.75) is 32.7 Å². The molecule has 0 aliphatic rings. The van der Waals surface area contributed by atoms with Gasteiger partial charge in [0.25, 0.3) is 0 Å². The van der Waals surface area contributed by atoms with Gasteiger partial charge in [0.15, 0.2) is 0 Å². The Morgan fingerprint density at radius 3 is 2.37 bits per heavy atom. The zero-order valence-electron chi connectivity index (χ0n) is 12.2. The van der Waals surface area contributed by atoms with E-state index in [0.717, 1.165) is 11.3 Å². The SMILES string of the molecule is CCNC(C)(Cc1ccc(OC)cc1)C(=O)OCC. The molecule has 0 fully saturated rings. The van der Waals surface area contributed by atoms with Crippen LogP contribution in [-0.4, -0.2) is 31.8 Å². The maximum absolute atomic E-state index is 12.1. The van der Waals surface area contributed by atoms with Crippen LogP contribution in [0.15, 0.2) is 24.3 Å². The average Bonchev–Trinajstić information content (AvgIpc) is 2.40. The number of carbonyl (C=O) groups is 1. The summed E-state index contributed by atoms with van der Waals surface area (Å²) in [4.78, 5) is 12.1. The lowest BCUT2D eigenvalue weighted by Crippen LogP contribution is -2.52. The predicted molar refractivity (Wildman–Crippen MR) is 75.4 cm³/mol. The first-order valence-corrected chi connectivity index (χ1v) is 6.61. The first-order chi connectivity index (χ1) is 9.05. The van der Waals surface area contributed by atoms with Gasteiger partial charge in [0.1, 0.15) is 11.3 Å². The fraction of sp³-hybridized carbons (Fsp3) is 0.533. The van der Waals surface area contributed by atoms with Crippen LogP contribution in [0.25, 0.3) is 0 Å². The lowest BCUT2D eigenvalue weighted by atomic mass is 9.92. The molecule has 0 saturated heterocycles. The molecule has 106 valence electrons. The van der Waals surface area contributed by atoms with Gasteiger partial charge in [0.05, 0.1) is 13.7 Å². The van der Waals surface area contributed by atoms with Crippen LogP contribution < -0.4 is 10.1 Å². The van der Waals surface area contributed by atoms with Crippen LogP contribution in [-0.2, 0) is 16.0 Å². The third-order valence-electron chi connectivity index (χ3n) is 3.01. The highest BCUT2D eigenvalue weighted by Gasteiger charge is 2.33. The third-order valence-corrected chi connectivity index (χ3v) is 3.01. The molecule has 1 aromatic rings. The van der Waals surface area contributed by atoms with Gasteiger partial charge in [0.2, 0.25) is 0 Å². The Bertz CT molecular complexity index is 402. The molecule has 0 aliphatic heterocycles. The first kappa shape index (κ1) is 15.5. The van der Waals surface area contributed by atoms with Crippen LogP contribution in [0.4, 0.5) is 0 Å². The number of hydrogen-bond acceptors (Lipinski definition) is 4. The minimum atomic E-state index is -0.695. The predicted octanol–water partition coefficient (Wildman–Crippen LogP) is 2.17. The van der Waals surface area contributed by atoms with E-state index >= 15 is 0 Å². The molecule has 0 aromatic heterocycles. The van der Waals surface area contributed by atoms with Crippen molar-refractivity contribution in [3.63, 3.8) is 0 Å². The molecular weight excluding hydrogens is 242 g/mol. The molecule has 1 N–H and O–H groups in total. The molecule has 4 nitrogen and oxygen atoms in total. The Balaban J connectivity index is 2.84. The standard InChI is InChI=1S/C15H23NO3/c1-5-16-15(3,14(17)19-6-2)11-12-7-9-13(18-4)10-8-12/h7-10,16H,5-6,11H2,1-4H3. The molecular formula is C15H23NO3. The minimum Gasteiger partial charge on any atom is -0.497 e. The van der Waals surface area contributed by atoms with Crippen molar-refractivity contribution in [2.75, 3.05) is 20.3 Å². The number of methoxy groups -OCH3 is 1. The Hall–Kier alpha value is -1.55. The van der Waals surface area contributed by atoms with Crippen molar-refractivity contribution < 1.29 is 14.3 Å². The van der Waals surface area contributed by atoms with Crippen LogP contribution in [0.2, 0.25) is 0 Å². The van der Waals surface area contributed by atoms with E-state index in [-0.39, 0.29) is 5.97 Å². The Morgan fingerprint density at radius 2 is 1.89 bits per heavy atom. The Labute approximate surface area is 115 Å². The summed E-state index contributed by atoms with van der Waals surface area (Å²) < 4.78 is 10.3. The highest BCUT2D eigenvalue weighted by molar-refractivity contribution is 5.80. The molecule has 1 aromatic carbocycles. The molecule has 0 heterocycles. The zero-order valence-corrected chi connectivity index (χ0v) is 12.2. The topological polar surface area (TPSA) is 47.6 Å². The van der Waals surface area contributed by atoms with Crippen molar-refractivity contribution in [3.05, 3.63) is 29.8 Å². The minimum absolute atomic E-state index is 0.215. The quantitative estimate of drug-likeness (QED) is 0.768. The number of likely N-dealkylation sites (N-methyl/N-ethyl adjacent to an activating group) is 1. The van der Waals surface area contributed by atoms with Crippen LogP contribution in [0.5, 0.6) is 5.75 Å². The first-order valence-electron chi connectivity index (χ1n) is 6.61. The summed E-state index contributed by atoms with van der Waals surface area (Å²) >= 11 is 0. The maximum atomic E-state index is 12.1. The lowest BCUT2D eigenvalue weighted by molar-refractivity contribution is -0.150. The molecule has 0 saturated carbocycles. The Morgan fingerprint density at radius 1 is 1.26 bits per heavy atom. The molecule has 0 aliphatic carbocycles. The second-order valence-corrected chi connectivity index (χ2v) is 4.61. The third kappa shape index (κ3) is 4.24. The molecule has 0 spiro atoms. The summed E-state index contributed by atoms with van der Waals surface area (Å²) in [6, 6.07) is 7.72. The van der Waals surface area contributed by atoms with E-state index in [2.05, 4.69) is 5.32 Å². The van der Waals surface area contributed by atoms with Crippen molar-refractivity contribution in [1.29, 1.82) is 0 Å². The molecule has 4 heteroatoms. The number of esters is 1. The molecule has 0 radical (unpaired) electrons. The molecule has 19 heavy (non-hydrogen) atoms. The number of rotatable bonds is 7. The number of benzene rings is 1. The molecule has 0 bridgehead atoms. The zero-order chi connectivity index (χ0) is 14.3. The van der Waals surface area contributed by atoms with Gasteiger partial charge >= 0.3 is 5.97 Å². The smallest absolute Gasteiger partial charge is 0.326 e. The van der Waals surface area contributed by atoms with E-state index < -0.39 is 5.54 Å². The summed E-state index contributed by atoms with van der Waals surface area (Å²) in [5.41, 5.74) is 0.372. The van der Waals surface area contributed by atoms with E-state index in [9.17, 15) is 4.79 Å². The summed E-state index contributed by atoms with van der Waals surface area (Å²) in [5.74, 6) is 0.595.